The highest BCUT2D eigenvalue weighted by molar-refractivity contribution is 6.58. The molecule has 1 aliphatic rings. The molecule has 0 amide bonds. The zero-order valence-electron chi connectivity index (χ0n) is 7.13. The van der Waals surface area contributed by atoms with Gasteiger partial charge in [0.05, 0.1) is 13.2 Å². The lowest BCUT2D eigenvalue weighted by molar-refractivity contribution is -0.0408. The van der Waals surface area contributed by atoms with E-state index in [-0.39, 0.29) is 0 Å². The number of rotatable bonds is 3. The first-order valence-corrected chi connectivity index (χ1v) is 4.22. The Bertz CT molecular complexity index is 285. The molecule has 1 aliphatic heterocycles. The third-order valence-electron chi connectivity index (χ3n) is 2.10. The van der Waals surface area contributed by atoms with Crippen LogP contribution in [0.5, 0.6) is 0 Å². The summed E-state index contributed by atoms with van der Waals surface area (Å²) in [5.74, 6) is 0.517. The van der Waals surface area contributed by atoms with Gasteiger partial charge in [0.1, 0.15) is 0 Å². The van der Waals surface area contributed by atoms with Crippen LogP contribution < -0.4 is 5.46 Å². The Hall–Kier alpha value is -0.845. The highest BCUT2D eigenvalue weighted by Crippen LogP contribution is 2.11. The minimum atomic E-state index is -1.42. The molecule has 5 nitrogen and oxygen atoms in total. The van der Waals surface area contributed by atoms with Crippen LogP contribution in [0, 0.1) is 5.92 Å². The molecule has 6 heteroatoms. The minimum absolute atomic E-state index is 0.431. The van der Waals surface area contributed by atoms with Crippen molar-refractivity contribution in [2.24, 2.45) is 5.92 Å². The fourth-order valence-corrected chi connectivity index (χ4v) is 1.27. The van der Waals surface area contributed by atoms with E-state index in [0.717, 1.165) is 19.8 Å². The number of ether oxygens (including phenoxy) is 1. The maximum absolute atomic E-state index is 8.82. The van der Waals surface area contributed by atoms with E-state index in [2.05, 4.69) is 5.10 Å². The van der Waals surface area contributed by atoms with Gasteiger partial charge in [0.25, 0.3) is 0 Å². The molecule has 13 heavy (non-hydrogen) atoms. The van der Waals surface area contributed by atoms with Gasteiger partial charge < -0.3 is 14.8 Å². The Morgan fingerprint density at radius 1 is 1.62 bits per heavy atom. The first-order valence-electron chi connectivity index (χ1n) is 4.22. The maximum atomic E-state index is 8.82. The normalized spacial score (nSPS) is 17.1. The van der Waals surface area contributed by atoms with Gasteiger partial charge in [-0.3, -0.25) is 4.68 Å². The van der Waals surface area contributed by atoms with Gasteiger partial charge in [0, 0.05) is 30.3 Å². The summed E-state index contributed by atoms with van der Waals surface area (Å²) in [4.78, 5) is 0. The van der Waals surface area contributed by atoms with Gasteiger partial charge in [-0.1, -0.05) is 0 Å². The van der Waals surface area contributed by atoms with Crippen molar-refractivity contribution in [2.45, 2.75) is 6.54 Å². The summed E-state index contributed by atoms with van der Waals surface area (Å²) in [6, 6.07) is 0. The van der Waals surface area contributed by atoms with Crippen molar-refractivity contribution in [2.75, 3.05) is 13.2 Å². The summed E-state index contributed by atoms with van der Waals surface area (Å²) in [5.41, 5.74) is 0.431. The Kier molecular flexibility index (Phi) is 2.35. The lowest BCUT2D eigenvalue weighted by Gasteiger charge is -2.25. The molecule has 2 N–H and O–H groups in total. The molecule has 2 heterocycles. The highest BCUT2D eigenvalue weighted by Gasteiger charge is 2.20. The van der Waals surface area contributed by atoms with Gasteiger partial charge >= 0.3 is 7.12 Å². The first kappa shape index (κ1) is 8.74. The molecule has 0 bridgehead atoms. The molecule has 1 aromatic heterocycles. The Morgan fingerprint density at radius 3 is 2.85 bits per heavy atom. The molecule has 0 spiro atoms. The van der Waals surface area contributed by atoms with E-state index in [9.17, 15) is 0 Å². The molecule has 1 saturated heterocycles. The van der Waals surface area contributed by atoms with E-state index in [1.165, 1.54) is 6.20 Å². The van der Waals surface area contributed by atoms with Crippen molar-refractivity contribution in [1.82, 2.24) is 9.78 Å². The second-order valence-corrected chi connectivity index (χ2v) is 3.27. The van der Waals surface area contributed by atoms with Gasteiger partial charge in [0.15, 0.2) is 0 Å². The van der Waals surface area contributed by atoms with E-state index >= 15 is 0 Å². The van der Waals surface area contributed by atoms with Crippen LogP contribution in [0.2, 0.25) is 0 Å². The SMILES string of the molecule is OB(O)c1cnn(CC2COC2)c1. The lowest BCUT2D eigenvalue weighted by Crippen LogP contribution is -2.32. The summed E-state index contributed by atoms with van der Waals surface area (Å²) in [6.45, 7) is 2.33. The topological polar surface area (TPSA) is 67.5 Å². The molecule has 70 valence electrons. The van der Waals surface area contributed by atoms with Crippen LogP contribution in [-0.2, 0) is 11.3 Å². The fourth-order valence-electron chi connectivity index (χ4n) is 1.27. The largest absolute Gasteiger partial charge is 0.491 e. The second-order valence-electron chi connectivity index (χ2n) is 3.27. The third kappa shape index (κ3) is 1.90. The Balaban J connectivity index is 1.96. The molecule has 1 fully saturated rings. The van der Waals surface area contributed by atoms with Crippen LogP contribution in [0.3, 0.4) is 0 Å². The third-order valence-corrected chi connectivity index (χ3v) is 2.10. The molecule has 0 aromatic carbocycles. The average Bonchev–Trinajstić information content (AvgIpc) is 2.44. The fraction of sp³-hybridized carbons (Fsp3) is 0.571. The van der Waals surface area contributed by atoms with Crippen molar-refractivity contribution >= 4 is 12.6 Å². The minimum Gasteiger partial charge on any atom is -0.423 e. The predicted molar refractivity (Wildman–Crippen MR) is 46.4 cm³/mol. The molecular weight excluding hydrogens is 171 g/mol. The van der Waals surface area contributed by atoms with Crippen molar-refractivity contribution in [3.8, 4) is 0 Å². The van der Waals surface area contributed by atoms with Gasteiger partial charge in [-0.05, 0) is 0 Å². The molecular formula is C7H11BN2O3. The second kappa shape index (κ2) is 3.49. The number of aromatic nitrogens is 2. The molecule has 1 aromatic rings. The molecule has 0 atom stereocenters. The van der Waals surface area contributed by atoms with Crippen LogP contribution in [0.4, 0.5) is 0 Å². The highest BCUT2D eigenvalue weighted by atomic mass is 16.5. The summed E-state index contributed by atoms with van der Waals surface area (Å²) >= 11 is 0. The molecule has 0 saturated carbocycles. The van der Waals surface area contributed by atoms with E-state index in [0.29, 0.717) is 11.4 Å². The van der Waals surface area contributed by atoms with Gasteiger partial charge in [-0.2, -0.15) is 5.10 Å². The predicted octanol–water partition coefficient (Wildman–Crippen LogP) is -1.79. The molecule has 0 radical (unpaired) electrons. The standard InChI is InChI=1S/C7H11BN2O3/c11-8(12)7-1-9-10(3-7)2-6-4-13-5-6/h1,3,6,11-12H,2,4-5H2. The number of hydrogen-bond acceptors (Lipinski definition) is 4. The Morgan fingerprint density at radius 2 is 2.38 bits per heavy atom. The van der Waals surface area contributed by atoms with Crippen LogP contribution in [0.1, 0.15) is 0 Å². The van der Waals surface area contributed by atoms with Gasteiger partial charge in [-0.15, -0.1) is 0 Å². The zero-order chi connectivity index (χ0) is 9.26. The molecule has 0 aliphatic carbocycles. The van der Waals surface area contributed by atoms with Crippen LogP contribution >= 0.6 is 0 Å². The van der Waals surface area contributed by atoms with Crippen molar-refractivity contribution in [1.29, 1.82) is 0 Å². The van der Waals surface area contributed by atoms with Gasteiger partial charge in [-0.25, -0.2) is 0 Å². The molecule has 0 unspecified atom stereocenters. The monoisotopic (exact) mass is 182 g/mol. The van der Waals surface area contributed by atoms with Crippen molar-refractivity contribution < 1.29 is 14.8 Å². The smallest absolute Gasteiger partial charge is 0.423 e. The summed E-state index contributed by atoms with van der Waals surface area (Å²) in [7, 11) is -1.42. The first-order chi connectivity index (χ1) is 6.25. The van der Waals surface area contributed by atoms with Crippen LogP contribution in [0.25, 0.3) is 0 Å². The van der Waals surface area contributed by atoms with Crippen molar-refractivity contribution in [3.63, 3.8) is 0 Å². The van der Waals surface area contributed by atoms with E-state index in [1.807, 2.05) is 0 Å². The Labute approximate surface area is 76.1 Å². The summed E-state index contributed by atoms with van der Waals surface area (Å²) < 4.78 is 6.73. The van der Waals surface area contributed by atoms with Crippen molar-refractivity contribution in [3.05, 3.63) is 12.4 Å². The zero-order valence-corrected chi connectivity index (χ0v) is 7.13. The number of nitrogens with zero attached hydrogens (tertiary/aromatic N) is 2. The maximum Gasteiger partial charge on any atom is 0.491 e. The molecule has 2 rings (SSSR count). The van der Waals surface area contributed by atoms with Crippen LogP contribution in [0.15, 0.2) is 12.4 Å². The average molecular weight is 182 g/mol. The quantitative estimate of drug-likeness (QED) is 0.541. The number of hydrogen-bond donors (Lipinski definition) is 2. The van der Waals surface area contributed by atoms with E-state index in [1.54, 1.807) is 10.9 Å². The van der Waals surface area contributed by atoms with Gasteiger partial charge in [0.2, 0.25) is 0 Å². The van der Waals surface area contributed by atoms with E-state index in [4.69, 9.17) is 14.8 Å². The van der Waals surface area contributed by atoms with E-state index < -0.39 is 7.12 Å². The summed E-state index contributed by atoms with van der Waals surface area (Å²) in [6.07, 6.45) is 3.10. The lowest BCUT2D eigenvalue weighted by atomic mass is 9.83. The van der Waals surface area contributed by atoms with Crippen LogP contribution in [-0.4, -0.2) is 40.2 Å². The summed E-state index contributed by atoms with van der Waals surface area (Å²) in [5, 5.41) is 21.6.